The Hall–Kier alpha value is -1.95. The Kier molecular flexibility index (Phi) is 5.83. The van der Waals surface area contributed by atoms with E-state index in [9.17, 15) is 26.3 Å². The molecule has 0 spiro atoms. The number of anilines is 1. The van der Waals surface area contributed by atoms with Crippen molar-refractivity contribution in [1.82, 2.24) is 4.90 Å². The summed E-state index contributed by atoms with van der Waals surface area (Å²) in [6, 6.07) is 4.90. The molecule has 138 valence electrons. The predicted molar refractivity (Wildman–Crippen MR) is 79.9 cm³/mol. The maximum Gasteiger partial charge on any atom is 0.417 e. The van der Waals surface area contributed by atoms with E-state index in [2.05, 4.69) is 5.32 Å². The highest BCUT2D eigenvalue weighted by Gasteiger charge is 2.34. The van der Waals surface area contributed by atoms with Crippen molar-refractivity contribution < 1.29 is 26.3 Å². The molecule has 1 N–H and O–H groups in total. The number of rotatable bonds is 4. The summed E-state index contributed by atoms with van der Waals surface area (Å²) in [5, 5.41) is 11.6. The van der Waals surface area contributed by atoms with Crippen LogP contribution in [0.5, 0.6) is 0 Å². The fraction of sp³-hybridized carbons (Fsp3) is 0.562. The van der Waals surface area contributed by atoms with Crippen molar-refractivity contribution >= 4 is 5.69 Å². The Labute approximate surface area is 141 Å². The molecule has 1 aromatic carbocycles. The molecule has 1 heterocycles. The van der Waals surface area contributed by atoms with Crippen LogP contribution >= 0.6 is 0 Å². The molecule has 1 fully saturated rings. The number of nitriles is 1. The monoisotopic (exact) mass is 365 g/mol. The number of alkyl halides is 6. The summed E-state index contributed by atoms with van der Waals surface area (Å²) in [6.07, 6.45) is -7.75. The number of hydrogen-bond donors (Lipinski definition) is 1. The molecule has 1 aliphatic heterocycles. The largest absolute Gasteiger partial charge is 0.417 e. The normalized spacial score (nSPS) is 17.3. The average molecular weight is 365 g/mol. The topological polar surface area (TPSA) is 39.1 Å². The van der Waals surface area contributed by atoms with E-state index in [1.165, 1.54) is 17.0 Å². The third-order valence-electron chi connectivity index (χ3n) is 4.15. The van der Waals surface area contributed by atoms with Crippen LogP contribution in [0.15, 0.2) is 18.2 Å². The van der Waals surface area contributed by atoms with E-state index >= 15 is 0 Å². The van der Waals surface area contributed by atoms with Gasteiger partial charge in [-0.1, -0.05) is 0 Å². The average Bonchev–Trinajstić information content (AvgIpc) is 2.51. The van der Waals surface area contributed by atoms with Gasteiger partial charge in [-0.15, -0.1) is 0 Å². The lowest BCUT2D eigenvalue weighted by Crippen LogP contribution is -2.41. The lowest BCUT2D eigenvalue weighted by molar-refractivity contribution is -0.148. The molecule has 2 rings (SSSR count). The van der Waals surface area contributed by atoms with E-state index in [-0.39, 0.29) is 11.6 Å². The van der Waals surface area contributed by atoms with Gasteiger partial charge in [0.1, 0.15) is 0 Å². The first kappa shape index (κ1) is 19.4. The number of hydrogen-bond acceptors (Lipinski definition) is 3. The van der Waals surface area contributed by atoms with Gasteiger partial charge in [0.2, 0.25) is 0 Å². The molecular weight excluding hydrogens is 348 g/mol. The summed E-state index contributed by atoms with van der Waals surface area (Å²) in [5.41, 5.74) is -1.21. The highest BCUT2D eigenvalue weighted by molar-refractivity contribution is 5.53. The Morgan fingerprint density at radius 3 is 2.28 bits per heavy atom. The molecule has 0 bridgehead atoms. The van der Waals surface area contributed by atoms with Gasteiger partial charge in [0.25, 0.3) is 0 Å². The second kappa shape index (κ2) is 7.52. The third kappa shape index (κ3) is 5.81. The maximum atomic E-state index is 12.9. The van der Waals surface area contributed by atoms with Crippen LogP contribution in [0, 0.1) is 17.2 Å². The van der Waals surface area contributed by atoms with E-state index in [0.29, 0.717) is 32.5 Å². The smallest absolute Gasteiger partial charge is 0.385 e. The van der Waals surface area contributed by atoms with Crippen molar-refractivity contribution in [3.63, 3.8) is 0 Å². The van der Waals surface area contributed by atoms with Gasteiger partial charge in [0.05, 0.1) is 23.7 Å². The molecular formula is C16H17F6N3. The van der Waals surface area contributed by atoms with Crippen LogP contribution in [0.25, 0.3) is 0 Å². The summed E-state index contributed by atoms with van der Waals surface area (Å²) in [6.45, 7) is 0.0703. The predicted octanol–water partition coefficient (Wildman–Crippen LogP) is 4.26. The minimum Gasteiger partial charge on any atom is -0.385 e. The first-order chi connectivity index (χ1) is 11.6. The molecule has 1 saturated heterocycles. The van der Waals surface area contributed by atoms with Crippen LogP contribution in [0.4, 0.5) is 32.0 Å². The number of benzene rings is 1. The fourth-order valence-corrected chi connectivity index (χ4v) is 2.85. The lowest BCUT2D eigenvalue weighted by Gasteiger charge is -2.32. The Balaban J connectivity index is 1.90. The van der Waals surface area contributed by atoms with E-state index in [4.69, 9.17) is 5.26 Å². The van der Waals surface area contributed by atoms with Crippen LogP contribution in [-0.4, -0.2) is 37.3 Å². The van der Waals surface area contributed by atoms with Crippen molar-refractivity contribution in [3.8, 4) is 6.07 Å². The molecule has 25 heavy (non-hydrogen) atoms. The van der Waals surface area contributed by atoms with E-state index < -0.39 is 30.0 Å². The zero-order chi connectivity index (χ0) is 18.7. The molecule has 0 unspecified atom stereocenters. The van der Waals surface area contributed by atoms with Crippen molar-refractivity contribution in [1.29, 1.82) is 5.26 Å². The van der Waals surface area contributed by atoms with Crippen molar-refractivity contribution in [2.45, 2.75) is 25.2 Å². The second-order valence-electron chi connectivity index (χ2n) is 6.09. The van der Waals surface area contributed by atoms with Gasteiger partial charge in [-0.05, 0) is 50.0 Å². The van der Waals surface area contributed by atoms with Crippen LogP contribution in [0.2, 0.25) is 0 Å². The molecule has 0 aromatic heterocycles. The van der Waals surface area contributed by atoms with E-state index in [0.717, 1.165) is 12.1 Å². The summed E-state index contributed by atoms with van der Waals surface area (Å²) >= 11 is 0. The number of nitrogens with zero attached hydrogens (tertiary/aromatic N) is 2. The maximum absolute atomic E-state index is 12.9. The minimum absolute atomic E-state index is 0.0921. The number of halogens is 6. The van der Waals surface area contributed by atoms with Crippen LogP contribution in [0.1, 0.15) is 24.0 Å². The number of likely N-dealkylation sites (tertiary alicyclic amines) is 1. The van der Waals surface area contributed by atoms with Crippen molar-refractivity contribution in [2.24, 2.45) is 5.92 Å². The number of piperidine rings is 1. The highest BCUT2D eigenvalue weighted by atomic mass is 19.4. The molecule has 3 nitrogen and oxygen atoms in total. The van der Waals surface area contributed by atoms with Gasteiger partial charge in [-0.25, -0.2) is 0 Å². The molecule has 0 saturated carbocycles. The van der Waals surface area contributed by atoms with Gasteiger partial charge >= 0.3 is 12.4 Å². The molecule has 1 aromatic rings. The van der Waals surface area contributed by atoms with E-state index in [1.54, 1.807) is 0 Å². The minimum atomic E-state index is -4.62. The number of nitrogens with one attached hydrogen (secondary N) is 1. The van der Waals surface area contributed by atoms with Gasteiger partial charge in [-0.3, -0.25) is 4.90 Å². The molecule has 0 amide bonds. The highest BCUT2D eigenvalue weighted by Crippen LogP contribution is 2.33. The summed E-state index contributed by atoms with van der Waals surface area (Å²) < 4.78 is 75.7. The van der Waals surface area contributed by atoms with Crippen molar-refractivity contribution in [3.05, 3.63) is 29.3 Å². The van der Waals surface area contributed by atoms with Crippen LogP contribution < -0.4 is 5.32 Å². The standard InChI is InChI=1S/C16H17F6N3/c17-15(18,19)10-25-5-3-11(4-6-25)9-24-13-2-1-12(8-23)14(7-13)16(20,21)22/h1-2,7,11,24H,3-6,9-10H2. The van der Waals surface area contributed by atoms with Gasteiger partial charge in [0.15, 0.2) is 0 Å². The first-order valence-corrected chi connectivity index (χ1v) is 7.73. The second-order valence-corrected chi connectivity index (χ2v) is 6.09. The van der Waals surface area contributed by atoms with Crippen molar-refractivity contribution in [2.75, 3.05) is 31.5 Å². The van der Waals surface area contributed by atoms with Crippen LogP contribution in [0.3, 0.4) is 0 Å². The van der Waals surface area contributed by atoms with Gasteiger partial charge in [0, 0.05) is 12.2 Å². The molecule has 1 aliphatic rings. The SMILES string of the molecule is N#Cc1ccc(NCC2CCN(CC(F)(F)F)CC2)cc1C(F)(F)F. The summed E-state index contributed by atoms with van der Waals surface area (Å²) in [7, 11) is 0. The zero-order valence-corrected chi connectivity index (χ0v) is 13.2. The third-order valence-corrected chi connectivity index (χ3v) is 4.15. The van der Waals surface area contributed by atoms with Gasteiger partial charge < -0.3 is 5.32 Å². The van der Waals surface area contributed by atoms with E-state index in [1.807, 2.05) is 0 Å². The molecule has 0 atom stereocenters. The Morgan fingerprint density at radius 2 is 1.76 bits per heavy atom. The Morgan fingerprint density at radius 1 is 1.12 bits per heavy atom. The van der Waals surface area contributed by atoms with Gasteiger partial charge in [-0.2, -0.15) is 31.6 Å². The fourth-order valence-electron chi connectivity index (χ4n) is 2.85. The summed E-state index contributed by atoms with van der Waals surface area (Å²) in [4.78, 5) is 1.33. The first-order valence-electron chi connectivity index (χ1n) is 7.73. The van der Waals surface area contributed by atoms with Crippen LogP contribution in [-0.2, 0) is 6.18 Å². The molecule has 0 aliphatic carbocycles. The Bertz CT molecular complexity index is 624. The molecule has 9 heteroatoms. The summed E-state index contributed by atoms with van der Waals surface area (Å²) in [5.74, 6) is 0.0921. The quantitative estimate of drug-likeness (QED) is 0.811. The zero-order valence-electron chi connectivity index (χ0n) is 13.2. The molecule has 0 radical (unpaired) electrons. The lowest BCUT2D eigenvalue weighted by atomic mass is 9.96.